The average Bonchev–Trinajstić information content (AvgIpc) is 2.54. The van der Waals surface area contributed by atoms with E-state index in [-0.39, 0.29) is 28.9 Å². The molecule has 1 aromatic rings. The first-order chi connectivity index (χ1) is 11.5. The fourth-order valence-electron chi connectivity index (χ4n) is 3.03. The van der Waals surface area contributed by atoms with Gasteiger partial charge in [0.15, 0.2) is 15.6 Å². The Balaban J connectivity index is 2.23. The van der Waals surface area contributed by atoms with E-state index in [1.54, 1.807) is 0 Å². The van der Waals surface area contributed by atoms with E-state index in [1.807, 2.05) is 13.8 Å². The molecule has 1 aliphatic rings. The molecular weight excluding hydrogens is 362 g/mol. The van der Waals surface area contributed by atoms with Gasteiger partial charge in [-0.1, -0.05) is 26.0 Å². The highest BCUT2D eigenvalue weighted by Gasteiger charge is 2.36. The van der Waals surface area contributed by atoms with Crippen molar-refractivity contribution in [2.75, 3.05) is 18.8 Å². The number of hydrogen-bond acceptors (Lipinski definition) is 5. The topological polar surface area (TPSA) is 88.6 Å². The summed E-state index contributed by atoms with van der Waals surface area (Å²) in [6.45, 7) is 5.39. The number of rotatable bonds is 6. The Labute approximate surface area is 150 Å². The van der Waals surface area contributed by atoms with Gasteiger partial charge >= 0.3 is 0 Å². The molecule has 2 rings (SSSR count). The molecule has 0 amide bonds. The Morgan fingerprint density at radius 3 is 2.28 bits per heavy atom. The van der Waals surface area contributed by atoms with Crippen molar-refractivity contribution in [2.45, 2.75) is 43.8 Å². The lowest BCUT2D eigenvalue weighted by Crippen LogP contribution is -2.46. The minimum absolute atomic E-state index is 0.00809. The zero-order valence-electron chi connectivity index (χ0n) is 14.8. The number of benzene rings is 1. The minimum atomic E-state index is -3.77. The van der Waals surface area contributed by atoms with Gasteiger partial charge in [0.2, 0.25) is 10.0 Å². The van der Waals surface area contributed by atoms with E-state index in [2.05, 4.69) is 0 Å². The van der Waals surface area contributed by atoms with Crippen LogP contribution in [0, 0.1) is 5.92 Å². The molecule has 0 N–H and O–H groups in total. The summed E-state index contributed by atoms with van der Waals surface area (Å²) in [4.78, 5) is 11.4. The normalized spacial score (nSPS) is 19.9. The van der Waals surface area contributed by atoms with Crippen molar-refractivity contribution in [3.05, 3.63) is 29.8 Å². The molecule has 140 valence electrons. The van der Waals surface area contributed by atoms with E-state index in [1.165, 1.54) is 35.5 Å². The molecule has 1 unspecified atom stereocenters. The lowest BCUT2D eigenvalue weighted by molar-refractivity contribution is 0.101. The molecule has 0 spiro atoms. The molecule has 8 heteroatoms. The standard InChI is InChI=1S/C17H25NO5S2/c1-13(2)12-24(20,21)17-5-4-10-18(11-17)25(22,23)16-8-6-15(7-9-16)14(3)19/h6-9,13,17H,4-5,10-12H2,1-3H3. The third kappa shape index (κ3) is 4.68. The second-order valence-electron chi connectivity index (χ2n) is 6.93. The molecular formula is C17H25NO5S2. The minimum Gasteiger partial charge on any atom is -0.295 e. The Hall–Kier alpha value is -1.25. The molecule has 1 atom stereocenters. The first-order valence-electron chi connectivity index (χ1n) is 8.37. The van der Waals surface area contributed by atoms with Crippen LogP contribution in [0.25, 0.3) is 0 Å². The summed E-state index contributed by atoms with van der Waals surface area (Å²) in [6.07, 6.45) is 1.01. The van der Waals surface area contributed by atoms with Crippen molar-refractivity contribution in [2.24, 2.45) is 5.92 Å². The van der Waals surface area contributed by atoms with Gasteiger partial charge in [-0.3, -0.25) is 4.79 Å². The van der Waals surface area contributed by atoms with E-state index in [0.717, 1.165) is 0 Å². The maximum absolute atomic E-state index is 12.8. The summed E-state index contributed by atoms with van der Waals surface area (Å²) < 4.78 is 51.8. The summed E-state index contributed by atoms with van der Waals surface area (Å²) in [7, 11) is -7.10. The van der Waals surface area contributed by atoms with E-state index in [9.17, 15) is 21.6 Å². The first kappa shape index (κ1) is 20.1. The zero-order chi connectivity index (χ0) is 18.8. The Morgan fingerprint density at radius 2 is 1.76 bits per heavy atom. The van der Waals surface area contributed by atoms with E-state index >= 15 is 0 Å². The number of piperidine rings is 1. The molecule has 1 aliphatic heterocycles. The maximum Gasteiger partial charge on any atom is 0.243 e. The largest absolute Gasteiger partial charge is 0.295 e. The molecule has 0 aromatic heterocycles. The monoisotopic (exact) mass is 387 g/mol. The average molecular weight is 388 g/mol. The molecule has 0 bridgehead atoms. The molecule has 0 saturated carbocycles. The van der Waals surface area contributed by atoms with Crippen LogP contribution in [-0.4, -0.2) is 51.0 Å². The van der Waals surface area contributed by atoms with Gasteiger partial charge in [-0.15, -0.1) is 0 Å². The van der Waals surface area contributed by atoms with Gasteiger partial charge in [0, 0.05) is 18.7 Å². The highest BCUT2D eigenvalue weighted by atomic mass is 32.2. The number of sulfone groups is 1. The van der Waals surface area contributed by atoms with Gasteiger partial charge in [0.05, 0.1) is 15.9 Å². The maximum atomic E-state index is 12.8. The van der Waals surface area contributed by atoms with Crippen molar-refractivity contribution >= 4 is 25.6 Å². The zero-order valence-corrected chi connectivity index (χ0v) is 16.4. The highest BCUT2D eigenvalue weighted by molar-refractivity contribution is 7.92. The van der Waals surface area contributed by atoms with Crippen molar-refractivity contribution < 1.29 is 21.6 Å². The molecule has 1 saturated heterocycles. The molecule has 1 aromatic carbocycles. The molecule has 1 heterocycles. The molecule has 1 fully saturated rings. The fourth-order valence-corrected chi connectivity index (χ4v) is 6.78. The second kappa shape index (κ2) is 7.55. The SMILES string of the molecule is CC(=O)c1ccc(S(=O)(=O)N2CCCC(S(=O)(=O)CC(C)C)C2)cc1. The van der Waals surface area contributed by atoms with Crippen LogP contribution in [0.3, 0.4) is 0 Å². The lowest BCUT2D eigenvalue weighted by Gasteiger charge is -2.32. The van der Waals surface area contributed by atoms with E-state index in [4.69, 9.17) is 0 Å². The Bertz CT molecular complexity index is 826. The summed E-state index contributed by atoms with van der Waals surface area (Å²) in [6, 6.07) is 5.76. The van der Waals surface area contributed by atoms with Crippen LogP contribution in [0.15, 0.2) is 29.2 Å². The third-order valence-corrected chi connectivity index (χ3v) is 8.72. The first-order valence-corrected chi connectivity index (χ1v) is 11.5. The molecule has 0 aliphatic carbocycles. The van der Waals surface area contributed by atoms with Crippen LogP contribution >= 0.6 is 0 Å². The van der Waals surface area contributed by atoms with Crippen molar-refractivity contribution in [3.8, 4) is 0 Å². The summed E-state index contributed by atoms with van der Waals surface area (Å²) >= 11 is 0. The van der Waals surface area contributed by atoms with Crippen LogP contribution in [-0.2, 0) is 19.9 Å². The summed E-state index contributed by atoms with van der Waals surface area (Å²) in [5, 5.41) is -0.657. The smallest absolute Gasteiger partial charge is 0.243 e. The number of carbonyl (C=O) groups is 1. The lowest BCUT2D eigenvalue weighted by atomic mass is 10.2. The van der Waals surface area contributed by atoms with Gasteiger partial charge in [-0.25, -0.2) is 16.8 Å². The van der Waals surface area contributed by atoms with Crippen LogP contribution < -0.4 is 0 Å². The van der Waals surface area contributed by atoms with Gasteiger partial charge in [-0.2, -0.15) is 4.31 Å². The number of ketones is 1. The summed E-state index contributed by atoms with van der Waals surface area (Å²) in [5.41, 5.74) is 0.440. The van der Waals surface area contributed by atoms with Crippen molar-refractivity contribution in [1.82, 2.24) is 4.31 Å². The molecule has 0 radical (unpaired) electrons. The van der Waals surface area contributed by atoms with Crippen molar-refractivity contribution in [1.29, 1.82) is 0 Å². The second-order valence-corrected chi connectivity index (χ2v) is 11.2. The van der Waals surface area contributed by atoms with Gasteiger partial charge in [0.1, 0.15) is 0 Å². The summed E-state index contributed by atoms with van der Waals surface area (Å²) in [5.74, 6) is -0.0587. The molecule has 25 heavy (non-hydrogen) atoms. The van der Waals surface area contributed by atoms with Gasteiger partial charge in [0.25, 0.3) is 0 Å². The third-order valence-electron chi connectivity index (χ3n) is 4.31. The van der Waals surface area contributed by atoms with Gasteiger partial charge in [-0.05, 0) is 37.8 Å². The van der Waals surface area contributed by atoms with E-state index in [0.29, 0.717) is 24.9 Å². The number of hydrogen-bond donors (Lipinski definition) is 0. The number of nitrogens with zero attached hydrogens (tertiary/aromatic N) is 1. The predicted octanol–water partition coefficient (Wildman–Crippen LogP) is 2.11. The number of Topliss-reactive ketones (excluding diaryl/α,β-unsaturated/α-hetero) is 1. The predicted molar refractivity (Wildman–Crippen MR) is 96.9 cm³/mol. The highest BCUT2D eigenvalue weighted by Crippen LogP contribution is 2.25. The van der Waals surface area contributed by atoms with Crippen molar-refractivity contribution in [3.63, 3.8) is 0 Å². The Morgan fingerprint density at radius 1 is 1.16 bits per heavy atom. The number of sulfonamides is 1. The molecule has 6 nitrogen and oxygen atoms in total. The van der Waals surface area contributed by atoms with Crippen LogP contribution in [0.2, 0.25) is 0 Å². The number of carbonyl (C=O) groups excluding carboxylic acids is 1. The van der Waals surface area contributed by atoms with Crippen LogP contribution in [0.5, 0.6) is 0 Å². The fraction of sp³-hybridized carbons (Fsp3) is 0.588. The van der Waals surface area contributed by atoms with Crippen LogP contribution in [0.4, 0.5) is 0 Å². The van der Waals surface area contributed by atoms with Gasteiger partial charge < -0.3 is 0 Å². The van der Waals surface area contributed by atoms with Crippen LogP contribution in [0.1, 0.15) is 44.0 Å². The quantitative estimate of drug-likeness (QED) is 0.698. The van der Waals surface area contributed by atoms with E-state index < -0.39 is 25.1 Å². The Kier molecular flexibility index (Phi) is 6.06.